The molecule has 0 aromatic heterocycles. The molecular formula is C15H25ClN2O. The standard InChI is InChI=1S/C15H25ClN2O/c1-4-14(5-2)18(8-9-19-3)11-12-10-13(16)6-7-15(12)17/h6-7,10,14H,4-5,8-9,11,17H2,1-3H3. The Labute approximate surface area is 121 Å². The first-order valence-corrected chi connectivity index (χ1v) is 7.27. The Morgan fingerprint density at radius 2 is 2.00 bits per heavy atom. The summed E-state index contributed by atoms with van der Waals surface area (Å²) in [7, 11) is 1.73. The lowest BCUT2D eigenvalue weighted by molar-refractivity contribution is 0.110. The largest absolute Gasteiger partial charge is 0.398 e. The van der Waals surface area contributed by atoms with Gasteiger partial charge in [0.05, 0.1) is 6.61 Å². The molecule has 0 spiro atoms. The van der Waals surface area contributed by atoms with Gasteiger partial charge in [-0.25, -0.2) is 0 Å². The van der Waals surface area contributed by atoms with E-state index < -0.39 is 0 Å². The molecule has 1 rings (SSSR count). The Morgan fingerprint density at radius 3 is 2.58 bits per heavy atom. The number of nitrogen functional groups attached to an aromatic ring is 1. The highest BCUT2D eigenvalue weighted by atomic mass is 35.5. The zero-order chi connectivity index (χ0) is 14.3. The van der Waals surface area contributed by atoms with Gasteiger partial charge in [0.25, 0.3) is 0 Å². The van der Waals surface area contributed by atoms with Crippen molar-refractivity contribution in [2.75, 3.05) is 26.0 Å². The van der Waals surface area contributed by atoms with E-state index in [4.69, 9.17) is 22.1 Å². The van der Waals surface area contributed by atoms with Gasteiger partial charge < -0.3 is 10.5 Å². The smallest absolute Gasteiger partial charge is 0.0589 e. The molecule has 19 heavy (non-hydrogen) atoms. The SMILES string of the molecule is CCC(CC)N(CCOC)Cc1cc(Cl)ccc1N. The molecule has 0 radical (unpaired) electrons. The molecule has 1 aromatic rings. The minimum Gasteiger partial charge on any atom is -0.398 e. The maximum Gasteiger partial charge on any atom is 0.0589 e. The first kappa shape index (κ1) is 16.3. The van der Waals surface area contributed by atoms with Gasteiger partial charge in [-0.05, 0) is 36.6 Å². The summed E-state index contributed by atoms with van der Waals surface area (Å²) in [4.78, 5) is 2.42. The molecule has 0 bridgehead atoms. The average Bonchev–Trinajstić information content (AvgIpc) is 2.41. The molecule has 0 saturated heterocycles. The third-order valence-electron chi connectivity index (χ3n) is 3.52. The summed E-state index contributed by atoms with van der Waals surface area (Å²) < 4.78 is 5.20. The molecule has 2 N–H and O–H groups in total. The van der Waals surface area contributed by atoms with Crippen LogP contribution in [0.4, 0.5) is 5.69 Å². The number of hydrogen-bond donors (Lipinski definition) is 1. The van der Waals surface area contributed by atoms with E-state index >= 15 is 0 Å². The van der Waals surface area contributed by atoms with Crippen LogP contribution in [0, 0.1) is 0 Å². The van der Waals surface area contributed by atoms with E-state index in [-0.39, 0.29) is 0 Å². The summed E-state index contributed by atoms with van der Waals surface area (Å²) >= 11 is 6.05. The highest BCUT2D eigenvalue weighted by molar-refractivity contribution is 6.30. The fourth-order valence-corrected chi connectivity index (χ4v) is 2.53. The van der Waals surface area contributed by atoms with Crippen LogP contribution in [-0.4, -0.2) is 31.2 Å². The Bertz CT molecular complexity index is 380. The van der Waals surface area contributed by atoms with Crippen LogP contribution in [-0.2, 0) is 11.3 Å². The molecule has 0 unspecified atom stereocenters. The van der Waals surface area contributed by atoms with Crippen molar-refractivity contribution in [2.45, 2.75) is 39.3 Å². The van der Waals surface area contributed by atoms with Crippen LogP contribution in [0.25, 0.3) is 0 Å². The second-order valence-corrected chi connectivity index (χ2v) is 5.21. The van der Waals surface area contributed by atoms with Crippen LogP contribution in [0.5, 0.6) is 0 Å². The Balaban J connectivity index is 2.83. The number of rotatable bonds is 8. The summed E-state index contributed by atoms with van der Waals surface area (Å²) in [5, 5.41) is 0.737. The molecule has 0 atom stereocenters. The molecule has 0 heterocycles. The van der Waals surface area contributed by atoms with Crippen molar-refractivity contribution >= 4 is 17.3 Å². The van der Waals surface area contributed by atoms with E-state index in [2.05, 4.69) is 18.7 Å². The van der Waals surface area contributed by atoms with Crippen LogP contribution in [0.15, 0.2) is 18.2 Å². The van der Waals surface area contributed by atoms with Crippen molar-refractivity contribution in [1.82, 2.24) is 4.90 Å². The summed E-state index contributed by atoms with van der Waals surface area (Å²) in [6.07, 6.45) is 2.25. The molecule has 3 nitrogen and oxygen atoms in total. The zero-order valence-corrected chi connectivity index (χ0v) is 12.9. The number of ether oxygens (including phenoxy) is 1. The van der Waals surface area contributed by atoms with Gasteiger partial charge in [-0.1, -0.05) is 25.4 Å². The Hall–Kier alpha value is -0.770. The summed E-state index contributed by atoms with van der Waals surface area (Å²) in [5.74, 6) is 0. The predicted octanol–water partition coefficient (Wildman–Crippen LogP) is 3.56. The highest BCUT2D eigenvalue weighted by Crippen LogP contribution is 2.21. The van der Waals surface area contributed by atoms with Gasteiger partial charge in [0.1, 0.15) is 0 Å². The molecule has 0 aliphatic heterocycles. The van der Waals surface area contributed by atoms with E-state index in [1.807, 2.05) is 18.2 Å². The maximum absolute atomic E-state index is 6.05. The van der Waals surface area contributed by atoms with E-state index in [9.17, 15) is 0 Å². The number of anilines is 1. The van der Waals surface area contributed by atoms with E-state index in [1.54, 1.807) is 7.11 Å². The van der Waals surface area contributed by atoms with Gasteiger partial charge in [-0.15, -0.1) is 0 Å². The number of benzene rings is 1. The van der Waals surface area contributed by atoms with E-state index in [0.29, 0.717) is 6.04 Å². The molecule has 4 heteroatoms. The predicted molar refractivity (Wildman–Crippen MR) is 82.5 cm³/mol. The van der Waals surface area contributed by atoms with Gasteiger partial charge >= 0.3 is 0 Å². The molecule has 1 aromatic carbocycles. The first-order chi connectivity index (χ1) is 9.12. The van der Waals surface area contributed by atoms with Gasteiger partial charge in [-0.3, -0.25) is 4.90 Å². The lowest BCUT2D eigenvalue weighted by Gasteiger charge is -2.30. The second kappa shape index (κ2) is 8.41. The molecule has 0 saturated carbocycles. The van der Waals surface area contributed by atoms with Gasteiger partial charge in [-0.2, -0.15) is 0 Å². The molecule has 0 fully saturated rings. The van der Waals surface area contributed by atoms with Crippen LogP contribution >= 0.6 is 11.6 Å². The monoisotopic (exact) mass is 284 g/mol. The first-order valence-electron chi connectivity index (χ1n) is 6.89. The quantitative estimate of drug-likeness (QED) is 0.742. The third-order valence-corrected chi connectivity index (χ3v) is 3.76. The van der Waals surface area contributed by atoms with Crippen molar-refractivity contribution in [3.63, 3.8) is 0 Å². The van der Waals surface area contributed by atoms with Gasteiger partial charge in [0.2, 0.25) is 0 Å². The number of hydrogen-bond acceptors (Lipinski definition) is 3. The third kappa shape index (κ3) is 5.01. The van der Waals surface area contributed by atoms with Crippen LogP contribution < -0.4 is 5.73 Å². The minimum atomic E-state index is 0.550. The van der Waals surface area contributed by atoms with Crippen LogP contribution in [0.1, 0.15) is 32.3 Å². The minimum absolute atomic E-state index is 0.550. The van der Waals surface area contributed by atoms with Crippen molar-refractivity contribution in [2.24, 2.45) is 0 Å². The van der Waals surface area contributed by atoms with E-state index in [1.165, 1.54) is 0 Å². The zero-order valence-electron chi connectivity index (χ0n) is 12.2. The molecule has 0 amide bonds. The summed E-state index contributed by atoms with van der Waals surface area (Å²) in [6, 6.07) is 6.21. The van der Waals surface area contributed by atoms with Crippen molar-refractivity contribution < 1.29 is 4.74 Å². The van der Waals surface area contributed by atoms with E-state index in [0.717, 1.165) is 48.8 Å². The molecule has 0 aliphatic carbocycles. The Morgan fingerprint density at radius 1 is 1.32 bits per heavy atom. The second-order valence-electron chi connectivity index (χ2n) is 4.78. The number of nitrogens with two attached hydrogens (primary N) is 1. The number of nitrogens with zero attached hydrogens (tertiary/aromatic N) is 1. The van der Waals surface area contributed by atoms with Crippen LogP contribution in [0.3, 0.4) is 0 Å². The van der Waals surface area contributed by atoms with Crippen molar-refractivity contribution in [1.29, 1.82) is 0 Å². The highest BCUT2D eigenvalue weighted by Gasteiger charge is 2.16. The Kier molecular flexibility index (Phi) is 7.21. The number of methoxy groups -OCH3 is 1. The maximum atomic E-state index is 6.05. The lowest BCUT2D eigenvalue weighted by Crippen LogP contribution is -2.36. The topological polar surface area (TPSA) is 38.5 Å². The molecule has 108 valence electrons. The normalized spacial score (nSPS) is 11.5. The summed E-state index contributed by atoms with van der Waals surface area (Å²) in [5.41, 5.74) is 7.93. The fourth-order valence-electron chi connectivity index (χ4n) is 2.33. The lowest BCUT2D eigenvalue weighted by atomic mass is 10.1. The average molecular weight is 285 g/mol. The van der Waals surface area contributed by atoms with Crippen molar-refractivity contribution in [3.05, 3.63) is 28.8 Å². The molecular weight excluding hydrogens is 260 g/mol. The van der Waals surface area contributed by atoms with Crippen molar-refractivity contribution in [3.8, 4) is 0 Å². The fraction of sp³-hybridized carbons (Fsp3) is 0.600. The number of halogens is 1. The van der Waals surface area contributed by atoms with Crippen LogP contribution in [0.2, 0.25) is 5.02 Å². The van der Waals surface area contributed by atoms with Gasteiger partial charge in [0, 0.05) is 37.0 Å². The van der Waals surface area contributed by atoms with Gasteiger partial charge in [0.15, 0.2) is 0 Å². The summed E-state index contributed by atoms with van der Waals surface area (Å²) in [6.45, 7) is 6.90. The molecule has 0 aliphatic rings.